The van der Waals surface area contributed by atoms with Crippen molar-refractivity contribution in [3.05, 3.63) is 0 Å². The normalized spacial score (nSPS) is 21.0. The topological polar surface area (TPSA) is 113 Å². The van der Waals surface area contributed by atoms with Crippen LogP contribution in [0.3, 0.4) is 0 Å². The predicted octanol–water partition coefficient (Wildman–Crippen LogP) is -0.819. The van der Waals surface area contributed by atoms with Crippen molar-refractivity contribution < 1.29 is 27.9 Å². The number of nitrogens with zero attached hydrogens (tertiary/aromatic N) is 1. The molecule has 0 saturated carbocycles. The summed E-state index contributed by atoms with van der Waals surface area (Å²) in [5.74, 6) is -2.17. The van der Waals surface area contributed by atoms with Crippen molar-refractivity contribution in [2.24, 2.45) is 5.92 Å². The van der Waals surface area contributed by atoms with Crippen LogP contribution in [0.1, 0.15) is 19.8 Å². The summed E-state index contributed by atoms with van der Waals surface area (Å²) in [6.07, 6.45) is 1.11. The summed E-state index contributed by atoms with van der Waals surface area (Å²) >= 11 is 0. The van der Waals surface area contributed by atoms with E-state index in [0.29, 0.717) is 12.8 Å². The molecule has 0 spiro atoms. The van der Waals surface area contributed by atoms with Gasteiger partial charge in [-0.2, -0.15) is 17.4 Å². The summed E-state index contributed by atoms with van der Waals surface area (Å²) in [4.78, 5) is 21.9. The van der Waals surface area contributed by atoms with Gasteiger partial charge in [-0.05, 0) is 19.8 Å². The summed E-state index contributed by atoms with van der Waals surface area (Å²) in [6.45, 7) is 1.55. The van der Waals surface area contributed by atoms with E-state index in [0.717, 1.165) is 4.31 Å². The van der Waals surface area contributed by atoms with E-state index >= 15 is 0 Å². The highest BCUT2D eigenvalue weighted by molar-refractivity contribution is 7.87. The Balaban J connectivity index is 2.63. The molecule has 0 aromatic carbocycles. The zero-order valence-corrected chi connectivity index (χ0v) is 11.5. The Kier molecular flexibility index (Phi) is 5.70. The van der Waals surface area contributed by atoms with Gasteiger partial charge in [-0.3, -0.25) is 9.59 Å². The van der Waals surface area contributed by atoms with Gasteiger partial charge in [0, 0.05) is 13.1 Å². The largest absolute Gasteiger partial charge is 0.480 e. The lowest BCUT2D eigenvalue weighted by Gasteiger charge is -2.30. The number of carbonyl (C=O) groups is 2. The van der Waals surface area contributed by atoms with Crippen molar-refractivity contribution in [1.82, 2.24) is 9.03 Å². The van der Waals surface area contributed by atoms with Crippen molar-refractivity contribution in [3.8, 4) is 0 Å². The van der Waals surface area contributed by atoms with E-state index < -0.39 is 34.6 Å². The molecule has 9 heteroatoms. The van der Waals surface area contributed by atoms with Crippen LogP contribution in [0.15, 0.2) is 0 Å². The van der Waals surface area contributed by atoms with Crippen molar-refractivity contribution in [3.63, 3.8) is 0 Å². The molecule has 1 unspecified atom stereocenters. The summed E-state index contributed by atoms with van der Waals surface area (Å²) < 4.78 is 31.5. The number of carboxylic acid groups (broad SMARTS) is 1. The molecule has 0 radical (unpaired) electrons. The first-order valence-corrected chi connectivity index (χ1v) is 7.44. The Morgan fingerprint density at radius 2 is 2.16 bits per heavy atom. The van der Waals surface area contributed by atoms with Crippen LogP contribution in [-0.2, 0) is 24.5 Å². The lowest BCUT2D eigenvalue weighted by Crippen LogP contribution is -2.48. The summed E-state index contributed by atoms with van der Waals surface area (Å²) in [6, 6.07) is 0. The lowest BCUT2D eigenvalue weighted by molar-refractivity contribution is -0.149. The van der Waals surface area contributed by atoms with Gasteiger partial charge in [0.05, 0.1) is 12.5 Å². The second-order valence-corrected chi connectivity index (χ2v) is 5.92. The minimum Gasteiger partial charge on any atom is -0.480 e. The Labute approximate surface area is 111 Å². The van der Waals surface area contributed by atoms with Crippen molar-refractivity contribution in [2.75, 3.05) is 26.2 Å². The average molecular weight is 294 g/mol. The van der Waals surface area contributed by atoms with Crippen LogP contribution < -0.4 is 4.72 Å². The minimum atomic E-state index is -3.87. The minimum absolute atomic E-state index is 0.0216. The van der Waals surface area contributed by atoms with Crippen LogP contribution >= 0.6 is 0 Å². The first-order chi connectivity index (χ1) is 8.86. The molecular formula is C10H18N2O6S. The van der Waals surface area contributed by atoms with Crippen molar-refractivity contribution >= 4 is 22.1 Å². The van der Waals surface area contributed by atoms with Gasteiger partial charge in [-0.15, -0.1) is 0 Å². The quantitative estimate of drug-likeness (QED) is 0.619. The Morgan fingerprint density at radius 3 is 2.74 bits per heavy atom. The highest BCUT2D eigenvalue weighted by Crippen LogP contribution is 2.19. The fourth-order valence-electron chi connectivity index (χ4n) is 1.86. The first-order valence-electron chi connectivity index (χ1n) is 6.00. The molecule has 110 valence electrons. The van der Waals surface area contributed by atoms with Crippen molar-refractivity contribution in [2.45, 2.75) is 19.8 Å². The zero-order valence-electron chi connectivity index (χ0n) is 10.7. The van der Waals surface area contributed by atoms with E-state index in [1.54, 1.807) is 6.92 Å². The smallest absolute Gasteiger partial charge is 0.318 e. The van der Waals surface area contributed by atoms with Crippen LogP contribution in [0, 0.1) is 5.92 Å². The number of nitrogens with one attached hydrogen (secondary N) is 1. The second-order valence-electron chi connectivity index (χ2n) is 4.17. The van der Waals surface area contributed by atoms with Gasteiger partial charge in [0.2, 0.25) is 0 Å². The Bertz CT molecular complexity index is 435. The second kappa shape index (κ2) is 6.83. The number of carbonyl (C=O) groups excluding carboxylic acids is 1. The van der Waals surface area contributed by atoms with E-state index in [2.05, 4.69) is 0 Å². The van der Waals surface area contributed by atoms with Crippen molar-refractivity contribution in [1.29, 1.82) is 0 Å². The number of ether oxygens (including phenoxy) is 1. The van der Waals surface area contributed by atoms with Gasteiger partial charge in [0.1, 0.15) is 6.54 Å². The number of rotatable bonds is 6. The molecule has 1 saturated heterocycles. The van der Waals surface area contributed by atoms with Gasteiger partial charge in [-0.1, -0.05) is 0 Å². The monoisotopic (exact) mass is 294 g/mol. The molecule has 1 heterocycles. The van der Waals surface area contributed by atoms with Crippen LogP contribution in [0.25, 0.3) is 0 Å². The Hall–Kier alpha value is -1.19. The molecule has 1 aliphatic rings. The van der Waals surface area contributed by atoms with Crippen LogP contribution in [0.5, 0.6) is 0 Å². The summed E-state index contributed by atoms with van der Waals surface area (Å²) in [5, 5.41) is 8.47. The van der Waals surface area contributed by atoms with Gasteiger partial charge in [0.15, 0.2) is 0 Å². The number of esters is 1. The number of piperidine rings is 1. The molecule has 0 aliphatic carbocycles. The number of aliphatic carboxylic acids is 1. The third-order valence-electron chi connectivity index (χ3n) is 2.75. The molecule has 0 amide bonds. The van der Waals surface area contributed by atoms with Gasteiger partial charge in [-0.25, -0.2) is 0 Å². The summed E-state index contributed by atoms with van der Waals surface area (Å²) in [7, 11) is -3.87. The number of hydrogen-bond donors (Lipinski definition) is 2. The fraction of sp³-hybridized carbons (Fsp3) is 0.800. The van der Waals surface area contributed by atoms with E-state index in [-0.39, 0.29) is 19.7 Å². The molecule has 8 nitrogen and oxygen atoms in total. The fourth-order valence-corrected chi connectivity index (χ4v) is 3.09. The van der Waals surface area contributed by atoms with Gasteiger partial charge >= 0.3 is 11.9 Å². The molecule has 1 fully saturated rings. The molecular weight excluding hydrogens is 276 g/mol. The maximum absolute atomic E-state index is 11.8. The molecule has 1 aliphatic heterocycles. The maximum Gasteiger partial charge on any atom is 0.318 e. The highest BCUT2D eigenvalue weighted by Gasteiger charge is 2.33. The standard InChI is InChI=1S/C10H18N2O6S/c1-2-18-10(15)8-4-3-5-12(7-8)19(16,17)11-6-9(13)14/h8,11H,2-7H2,1H3,(H,13,14). The lowest BCUT2D eigenvalue weighted by atomic mass is 10.0. The molecule has 19 heavy (non-hydrogen) atoms. The van der Waals surface area contributed by atoms with Gasteiger partial charge in [0.25, 0.3) is 10.2 Å². The van der Waals surface area contributed by atoms with E-state index in [9.17, 15) is 18.0 Å². The molecule has 0 bridgehead atoms. The predicted molar refractivity (Wildman–Crippen MR) is 65.5 cm³/mol. The maximum atomic E-state index is 11.8. The van der Waals surface area contributed by atoms with E-state index in [1.807, 2.05) is 4.72 Å². The third-order valence-corrected chi connectivity index (χ3v) is 4.27. The molecule has 0 aromatic heterocycles. The molecule has 1 rings (SSSR count). The van der Waals surface area contributed by atoms with Crippen LogP contribution in [0.2, 0.25) is 0 Å². The Morgan fingerprint density at radius 1 is 1.47 bits per heavy atom. The van der Waals surface area contributed by atoms with E-state index in [4.69, 9.17) is 9.84 Å². The number of hydrogen-bond acceptors (Lipinski definition) is 5. The summed E-state index contributed by atoms with van der Waals surface area (Å²) in [5.41, 5.74) is 0. The zero-order chi connectivity index (χ0) is 14.5. The molecule has 1 atom stereocenters. The van der Waals surface area contributed by atoms with Crippen LogP contribution in [0.4, 0.5) is 0 Å². The van der Waals surface area contributed by atoms with Gasteiger partial charge < -0.3 is 9.84 Å². The SMILES string of the molecule is CCOC(=O)C1CCCN(S(=O)(=O)NCC(=O)O)C1. The average Bonchev–Trinajstić information content (AvgIpc) is 2.37. The third kappa shape index (κ3) is 4.77. The first kappa shape index (κ1) is 15.9. The highest BCUT2D eigenvalue weighted by atomic mass is 32.2. The molecule has 2 N–H and O–H groups in total. The van der Waals surface area contributed by atoms with Crippen LogP contribution in [-0.4, -0.2) is 56.0 Å². The van der Waals surface area contributed by atoms with E-state index in [1.165, 1.54) is 0 Å². The molecule has 0 aromatic rings. The number of carboxylic acids is 1.